The summed E-state index contributed by atoms with van der Waals surface area (Å²) in [5, 5.41) is 21.3. The van der Waals surface area contributed by atoms with Crippen molar-refractivity contribution in [3.05, 3.63) is 87.3 Å². The van der Waals surface area contributed by atoms with Crippen molar-refractivity contribution in [3.63, 3.8) is 0 Å². The molecule has 4 aromatic rings. The highest BCUT2D eigenvalue weighted by Crippen LogP contribution is 2.43. The molecule has 8 nitrogen and oxygen atoms in total. The first-order valence-electron chi connectivity index (χ1n) is 13.4. The lowest BCUT2D eigenvalue weighted by Gasteiger charge is -2.47. The zero-order chi connectivity index (χ0) is 30.6. The number of pyridine rings is 1. The van der Waals surface area contributed by atoms with Gasteiger partial charge in [0.1, 0.15) is 11.2 Å². The van der Waals surface area contributed by atoms with E-state index in [4.69, 9.17) is 21.3 Å². The van der Waals surface area contributed by atoms with Crippen LogP contribution >= 0.6 is 11.6 Å². The van der Waals surface area contributed by atoms with Gasteiger partial charge in [-0.3, -0.25) is 4.98 Å². The summed E-state index contributed by atoms with van der Waals surface area (Å²) in [5.74, 6) is -0.400. The van der Waals surface area contributed by atoms with Crippen molar-refractivity contribution in [2.24, 2.45) is 13.0 Å². The summed E-state index contributed by atoms with van der Waals surface area (Å²) in [6, 6.07) is 10.3. The fourth-order valence-electron chi connectivity index (χ4n) is 5.28. The van der Waals surface area contributed by atoms with Crippen molar-refractivity contribution < 1.29 is 27.8 Å². The van der Waals surface area contributed by atoms with Crippen LogP contribution in [0.2, 0.25) is 5.02 Å². The van der Waals surface area contributed by atoms with Crippen LogP contribution in [0.5, 0.6) is 0 Å². The summed E-state index contributed by atoms with van der Waals surface area (Å²) in [7, 11) is 1.68. The van der Waals surface area contributed by atoms with E-state index >= 15 is 0 Å². The van der Waals surface area contributed by atoms with Gasteiger partial charge >= 0.3 is 12.3 Å². The molecular weight excluding hydrogens is 571 g/mol. The second kappa shape index (κ2) is 10.5. The molecule has 2 aromatic heterocycles. The van der Waals surface area contributed by atoms with Crippen LogP contribution in [0.15, 0.2) is 48.7 Å². The summed E-state index contributed by atoms with van der Waals surface area (Å²) in [4.78, 5) is 18.8. The number of aryl methyl sites for hydroxylation is 2. The smallest absolute Gasteiger partial charge is 0.416 e. The lowest BCUT2D eigenvalue weighted by Crippen LogP contribution is -2.59. The molecule has 5 rings (SSSR count). The number of aromatic nitrogens is 4. The van der Waals surface area contributed by atoms with E-state index in [9.17, 15) is 23.1 Å². The Bertz CT molecular complexity index is 1640. The summed E-state index contributed by atoms with van der Waals surface area (Å²) in [6.45, 7) is 7.66. The highest BCUT2D eigenvalue weighted by Gasteiger charge is 2.50. The van der Waals surface area contributed by atoms with Gasteiger partial charge in [0, 0.05) is 43.6 Å². The minimum Gasteiger partial charge on any atom is -0.444 e. The third kappa shape index (κ3) is 5.55. The first-order chi connectivity index (χ1) is 19.6. The van der Waals surface area contributed by atoms with E-state index in [0.717, 1.165) is 12.1 Å². The molecule has 42 heavy (non-hydrogen) atoms. The zero-order valence-corrected chi connectivity index (χ0v) is 24.6. The zero-order valence-electron chi connectivity index (χ0n) is 23.8. The average Bonchev–Trinajstić information content (AvgIpc) is 3.30. The van der Waals surface area contributed by atoms with Crippen LogP contribution < -0.4 is 0 Å². The van der Waals surface area contributed by atoms with Gasteiger partial charge in [-0.15, -0.1) is 5.10 Å². The largest absolute Gasteiger partial charge is 0.444 e. The number of likely N-dealkylation sites (tertiary alicyclic amines) is 1. The van der Waals surface area contributed by atoms with Crippen molar-refractivity contribution in [2.45, 2.75) is 51.5 Å². The molecule has 3 heterocycles. The molecule has 1 atom stereocenters. The number of carbonyl (C=O) groups excluding carboxylic acids is 1. The minimum atomic E-state index is -4.42. The van der Waals surface area contributed by atoms with Crippen LogP contribution in [0, 0.1) is 12.8 Å². The van der Waals surface area contributed by atoms with Crippen molar-refractivity contribution in [2.75, 3.05) is 13.1 Å². The highest BCUT2D eigenvalue weighted by molar-refractivity contribution is 6.36. The fraction of sp³-hybridized carbons (Fsp3) is 0.400. The lowest BCUT2D eigenvalue weighted by atomic mass is 9.74. The van der Waals surface area contributed by atoms with E-state index in [0.29, 0.717) is 44.0 Å². The number of nitrogens with zero attached hydrogens (tertiary/aromatic N) is 5. The minimum absolute atomic E-state index is 0.244. The molecule has 0 spiro atoms. The molecule has 0 bridgehead atoms. The maximum absolute atomic E-state index is 13.0. The molecule has 0 radical (unpaired) electrons. The fourth-order valence-corrected chi connectivity index (χ4v) is 5.64. The first-order valence-corrected chi connectivity index (χ1v) is 13.8. The Labute approximate surface area is 246 Å². The number of alkyl halides is 3. The van der Waals surface area contributed by atoms with Gasteiger partial charge in [-0.1, -0.05) is 35.0 Å². The predicted octanol–water partition coefficient (Wildman–Crippen LogP) is 6.04. The van der Waals surface area contributed by atoms with E-state index in [1.165, 1.54) is 27.9 Å². The number of hydrogen-bond acceptors (Lipinski definition) is 6. The number of hydrogen-bond donors (Lipinski definition) is 1. The van der Waals surface area contributed by atoms with Crippen molar-refractivity contribution in [1.82, 2.24) is 24.9 Å². The molecule has 1 unspecified atom stereocenters. The van der Waals surface area contributed by atoms with E-state index in [2.05, 4.69) is 10.3 Å². The molecule has 2 aromatic carbocycles. The maximum atomic E-state index is 13.0. The molecule has 1 saturated heterocycles. The van der Waals surface area contributed by atoms with E-state index in [1.807, 2.05) is 0 Å². The molecule has 1 N–H and O–H groups in total. The molecule has 1 amide bonds. The normalized spacial score (nSPS) is 15.9. The average molecular weight is 602 g/mol. The summed E-state index contributed by atoms with van der Waals surface area (Å²) < 4.78 is 46.1. The monoisotopic (exact) mass is 601 g/mol. The molecule has 1 aliphatic rings. The van der Waals surface area contributed by atoms with Crippen LogP contribution in [0.3, 0.4) is 0 Å². The Hall–Kier alpha value is -3.70. The number of ether oxygens (including phenoxy) is 1. The molecular formula is C30H31ClF3N5O3. The Balaban J connectivity index is 1.51. The van der Waals surface area contributed by atoms with Gasteiger partial charge in [-0.25, -0.2) is 9.48 Å². The topological polar surface area (TPSA) is 93.4 Å². The Morgan fingerprint density at radius 1 is 1.10 bits per heavy atom. The third-order valence-electron chi connectivity index (χ3n) is 7.55. The van der Waals surface area contributed by atoms with Crippen LogP contribution in [0.25, 0.3) is 10.9 Å². The number of benzene rings is 2. The van der Waals surface area contributed by atoms with Gasteiger partial charge in [0.15, 0.2) is 0 Å². The van der Waals surface area contributed by atoms with Crippen molar-refractivity contribution >= 4 is 28.6 Å². The van der Waals surface area contributed by atoms with E-state index in [-0.39, 0.29) is 19.5 Å². The van der Waals surface area contributed by atoms with Gasteiger partial charge in [0.2, 0.25) is 0 Å². The second-order valence-electron chi connectivity index (χ2n) is 11.7. The van der Waals surface area contributed by atoms with Crippen molar-refractivity contribution in [1.29, 1.82) is 0 Å². The SMILES string of the molecule is Cc1nc2ccc(C(O)(c3cnnn3C)C3CN(C(=O)OC(C)(C)C)C3)cc2c(Cl)c1Cc1ccc(C(F)(F)F)cc1. The second-order valence-corrected chi connectivity index (χ2v) is 12.1. The van der Waals surface area contributed by atoms with E-state index < -0.39 is 35.0 Å². The molecule has 1 aliphatic heterocycles. The first kappa shape index (κ1) is 29.8. The quantitative estimate of drug-likeness (QED) is 0.300. The summed E-state index contributed by atoms with van der Waals surface area (Å²) >= 11 is 6.93. The van der Waals surface area contributed by atoms with Crippen LogP contribution in [-0.2, 0) is 30.0 Å². The van der Waals surface area contributed by atoms with Crippen LogP contribution in [0.4, 0.5) is 18.0 Å². The molecule has 0 saturated carbocycles. The number of amides is 1. The molecule has 222 valence electrons. The molecule has 12 heteroatoms. The van der Waals surface area contributed by atoms with Gasteiger partial charge in [-0.05, 0) is 68.7 Å². The number of halogens is 4. The van der Waals surface area contributed by atoms with Crippen LogP contribution in [-0.4, -0.2) is 54.8 Å². The number of aliphatic hydroxyl groups is 1. The standard InChI is InChI=1S/C30H31ClF3N5O3/c1-17-22(12-18-6-8-19(9-7-18)30(32,33)34)26(31)23-13-20(10-11-24(23)36-17)29(41,25-14-35-37-38(25)5)21-15-39(16-21)27(40)42-28(2,3)4/h6-11,13-14,21,41H,12,15-16H2,1-5H3. The van der Waals surface area contributed by atoms with Crippen molar-refractivity contribution in [3.8, 4) is 0 Å². The summed E-state index contributed by atoms with van der Waals surface area (Å²) in [6.07, 6.45) is -3.11. The number of fused-ring (bicyclic) bond motifs is 1. The Kier molecular flexibility index (Phi) is 7.47. The van der Waals surface area contributed by atoms with Gasteiger partial charge in [-0.2, -0.15) is 13.2 Å². The van der Waals surface area contributed by atoms with Gasteiger partial charge in [0.05, 0.1) is 28.0 Å². The summed E-state index contributed by atoms with van der Waals surface area (Å²) in [5.41, 5.74) is 0.589. The molecule has 1 fully saturated rings. The molecule has 0 aliphatic carbocycles. The highest BCUT2D eigenvalue weighted by atomic mass is 35.5. The Morgan fingerprint density at radius 2 is 1.74 bits per heavy atom. The van der Waals surface area contributed by atoms with E-state index in [1.54, 1.807) is 52.9 Å². The van der Waals surface area contributed by atoms with Crippen LogP contribution in [0.1, 0.15) is 54.4 Å². The number of rotatable bonds is 5. The number of carbonyl (C=O) groups is 1. The lowest BCUT2D eigenvalue weighted by molar-refractivity contribution is -0.137. The Morgan fingerprint density at radius 3 is 2.31 bits per heavy atom. The maximum Gasteiger partial charge on any atom is 0.416 e. The predicted molar refractivity (Wildman–Crippen MR) is 151 cm³/mol. The van der Waals surface area contributed by atoms with Gasteiger partial charge in [0.25, 0.3) is 0 Å². The van der Waals surface area contributed by atoms with Gasteiger partial charge < -0.3 is 14.7 Å². The third-order valence-corrected chi connectivity index (χ3v) is 7.99.